The number of rotatable bonds is 37. The van der Waals surface area contributed by atoms with Gasteiger partial charge in [-0.25, -0.2) is 19.2 Å². The molecule has 1 aliphatic rings. The van der Waals surface area contributed by atoms with Gasteiger partial charge in [0.15, 0.2) is 16.8 Å². The first kappa shape index (κ1) is 163. The summed E-state index contributed by atoms with van der Waals surface area (Å²) in [5.41, 5.74) is -18.5. The zero-order valence-electron chi connectivity index (χ0n) is 77.1. The number of aliphatic hydroxyl groups is 7. The Morgan fingerprint density at radius 2 is 0.512 bits per heavy atom. The lowest BCUT2D eigenvalue weighted by molar-refractivity contribution is -0.357. The number of esters is 10. The van der Waals surface area contributed by atoms with Crippen molar-refractivity contribution >= 4 is 59.7 Å². The van der Waals surface area contributed by atoms with Gasteiger partial charge in [-0.05, 0) is 236 Å². The van der Waals surface area contributed by atoms with Crippen molar-refractivity contribution < 1.29 is 157 Å². The molecule has 27 nitrogen and oxygen atoms in total. The lowest BCUT2D eigenvalue weighted by Crippen LogP contribution is -2.63. The summed E-state index contributed by atoms with van der Waals surface area (Å²) in [6, 6.07) is 0. The molecule has 1 saturated carbocycles. The first-order valence-electron chi connectivity index (χ1n) is 39.8. The maximum absolute atomic E-state index is 12.3. The Balaban J connectivity index is -0.0000000773. The highest BCUT2D eigenvalue weighted by Gasteiger charge is 2.77. The molecule has 0 aromatic carbocycles. The van der Waals surface area contributed by atoms with E-state index in [9.17, 15) is 105 Å². The second-order valence-electron chi connectivity index (χ2n) is 38.6. The molecule has 0 aromatic heterocycles. The summed E-state index contributed by atoms with van der Waals surface area (Å²) in [4.78, 5) is 117. The van der Waals surface area contributed by atoms with Crippen LogP contribution in [-0.2, 0) is 95.3 Å². The molecule has 0 radical (unpaired) electrons. The minimum absolute atomic E-state index is 0. The molecule has 129 heavy (non-hydrogen) atoms. The third-order valence-corrected chi connectivity index (χ3v) is 19.5. The summed E-state index contributed by atoms with van der Waals surface area (Å²) >= 11 is 0. The van der Waals surface area contributed by atoms with Gasteiger partial charge in [0.25, 0.3) is 0 Å². The van der Waals surface area contributed by atoms with Crippen LogP contribution in [0, 0.1) is 55.2 Å². The van der Waals surface area contributed by atoms with Crippen LogP contribution in [0.25, 0.3) is 0 Å². The second-order valence-corrected chi connectivity index (χ2v) is 38.6. The molecule has 0 bridgehead atoms. The molecule has 0 aliphatic heterocycles. The SMILES string of the molecule is C.C.C.C.C.C.C.C.C.C.C.C.CCC(C)(C)C(=O)OC(C(C)C)C(C)(C)O.CCC(C)(C)C(=O)OC(C1CCCC1)C(C)(C)O.CCC(C)(C)C(=O)OCC(C)(C)COC(=O)C(C)(C)O.CCC(C)(C)C(=O)OCC(C)(C)O.CCC(C)(C)C(=O)OCC(C)(COC(=O)C(C)(C)O)COC(=O)C(C)(C)O.CCC(C)(C)C(=O)OCCOC(=O)C(O)(C(F)(F)F)C(F)(F)F. The Morgan fingerprint density at radius 3 is 0.736 bits per heavy atom. The van der Waals surface area contributed by atoms with Gasteiger partial charge in [-0.2, -0.15) is 26.3 Å². The monoisotopic (exact) mass is 1900 g/mol. The topological polar surface area (TPSA) is 405 Å². The third-order valence-electron chi connectivity index (χ3n) is 19.5. The normalized spacial score (nSPS) is 13.1. The van der Waals surface area contributed by atoms with Gasteiger partial charge in [-0.1, -0.05) is 171 Å². The van der Waals surface area contributed by atoms with Crippen LogP contribution in [-0.4, -0.2) is 212 Å². The maximum atomic E-state index is 12.3. The van der Waals surface area contributed by atoms with Crippen LogP contribution in [0.15, 0.2) is 0 Å². The average molecular weight is 1900 g/mol. The van der Waals surface area contributed by atoms with Crippen LogP contribution < -0.4 is 0 Å². The predicted molar refractivity (Wildman–Crippen MR) is 506 cm³/mol. The fourth-order valence-corrected chi connectivity index (χ4v) is 8.32. The number of halogens is 6. The molecular formula is C96H200F6O27. The van der Waals surface area contributed by atoms with Gasteiger partial charge < -0.3 is 83.1 Å². The fourth-order valence-electron chi connectivity index (χ4n) is 8.32. The minimum Gasteiger partial charge on any atom is -0.465 e. The molecule has 2 atom stereocenters. The van der Waals surface area contributed by atoms with E-state index in [4.69, 9.17) is 43.0 Å². The molecule has 788 valence electrons. The van der Waals surface area contributed by atoms with E-state index in [1.807, 2.05) is 118 Å². The second kappa shape index (κ2) is 64.8. The van der Waals surface area contributed by atoms with Crippen LogP contribution in [0.5, 0.6) is 0 Å². The summed E-state index contributed by atoms with van der Waals surface area (Å²) in [6.07, 6.45) is -5.19. The number of carbonyl (C=O) groups excluding carboxylic acids is 10. The zero-order chi connectivity index (χ0) is 94.4. The van der Waals surface area contributed by atoms with Crippen molar-refractivity contribution in [3.63, 3.8) is 0 Å². The van der Waals surface area contributed by atoms with E-state index < -0.39 is 150 Å². The van der Waals surface area contributed by atoms with E-state index in [-0.39, 0.29) is 165 Å². The highest BCUT2D eigenvalue weighted by molar-refractivity contribution is 5.82. The van der Waals surface area contributed by atoms with Crippen molar-refractivity contribution in [3.05, 3.63) is 0 Å². The maximum Gasteiger partial charge on any atom is 0.437 e. The van der Waals surface area contributed by atoms with Gasteiger partial charge in [-0.15, -0.1) is 0 Å². The summed E-state index contributed by atoms with van der Waals surface area (Å²) in [6.45, 7) is 57.5. The fraction of sp³-hybridized carbons (Fsp3) is 0.896. The first-order chi connectivity index (χ1) is 51.8. The van der Waals surface area contributed by atoms with Crippen molar-refractivity contribution in [1.82, 2.24) is 0 Å². The van der Waals surface area contributed by atoms with Crippen LogP contribution in [0.2, 0.25) is 0 Å². The van der Waals surface area contributed by atoms with E-state index >= 15 is 0 Å². The third kappa shape index (κ3) is 62.2. The van der Waals surface area contributed by atoms with Gasteiger partial charge in [0, 0.05) is 5.41 Å². The number of hydrogen-bond donors (Lipinski definition) is 7. The Morgan fingerprint density at radius 1 is 0.295 bits per heavy atom. The number of alkyl halides is 6. The Labute approximate surface area is 781 Å². The van der Waals surface area contributed by atoms with Gasteiger partial charge >= 0.3 is 77.6 Å². The molecule has 33 heteroatoms. The lowest BCUT2D eigenvalue weighted by atomic mass is 9.86. The summed E-state index contributed by atoms with van der Waals surface area (Å²) in [5, 5.41) is 67.1. The average Bonchev–Trinajstić information content (AvgIpc) is 0.977. The summed E-state index contributed by atoms with van der Waals surface area (Å²) in [5.74, 6) is -7.09. The van der Waals surface area contributed by atoms with Crippen LogP contribution >= 0.6 is 0 Å². The molecule has 0 heterocycles. The number of hydrogen-bond acceptors (Lipinski definition) is 27. The number of ether oxygens (including phenoxy) is 10. The van der Waals surface area contributed by atoms with Crippen LogP contribution in [0.1, 0.15) is 396 Å². The highest BCUT2D eigenvalue weighted by Crippen LogP contribution is 2.44. The van der Waals surface area contributed by atoms with E-state index in [0.717, 1.165) is 32.1 Å². The van der Waals surface area contributed by atoms with Crippen LogP contribution in [0.4, 0.5) is 26.3 Å². The Kier molecular flexibility index (Phi) is 81.9. The minimum atomic E-state index is -6.32. The molecule has 7 N–H and O–H groups in total. The molecule has 0 aromatic rings. The molecule has 1 fully saturated rings. The quantitative estimate of drug-likeness (QED) is 0.0131. The highest BCUT2D eigenvalue weighted by atomic mass is 19.4. The number of carbonyl (C=O) groups is 10. The summed E-state index contributed by atoms with van der Waals surface area (Å²) in [7, 11) is 0. The zero-order valence-corrected chi connectivity index (χ0v) is 77.1. The van der Waals surface area contributed by atoms with Crippen molar-refractivity contribution in [2.45, 2.75) is 459 Å². The molecule has 1 rings (SSSR count). The Bertz CT molecular complexity index is 3020. The van der Waals surface area contributed by atoms with Gasteiger partial charge in [0.05, 0.1) is 67.9 Å². The van der Waals surface area contributed by atoms with E-state index in [2.05, 4.69) is 9.47 Å². The Hall–Kier alpha value is -6.00. The van der Waals surface area contributed by atoms with Gasteiger partial charge in [0.2, 0.25) is 0 Å². The van der Waals surface area contributed by atoms with Crippen molar-refractivity contribution in [2.75, 3.05) is 52.9 Å². The van der Waals surface area contributed by atoms with E-state index in [1.54, 1.807) is 69.2 Å². The molecule has 0 amide bonds. The molecule has 0 spiro atoms. The standard InChI is InChI=1S/C19H34O8.C15H28O5.C15H28O3.C13H26O3.C12H16F6O5.C10H20O3.12CH4/c1-9-16(2,3)13(20)25-10-19(8,11-26-14(21)17(4,5)23)12-27-15(22)18(6,7)24;1-8-14(4,5)11(16)19-9-13(2,3)10-20-12(17)15(6,7)18;1-6-14(2,3)13(16)18-12(15(4,5)17)11-9-7-8-10-11;1-8-12(4,5)11(14)16-10(9(2)3)13(6,7)15;1-4-9(2,3)7(19)22-5-6-23-8(20)10(21,11(13,14)15)12(16,17)18;1-6-9(2,3)8(11)13-7-10(4,5)12;;;;;;;;;;;;/h23-24H,9-12H2,1-8H3;18H,8-10H2,1-7H3;11-12,17H,6-10H2,1-5H3;9-10,15H,8H2,1-7H3;21H,4-6H2,1-3H3;12H,6-7H2,1-5H3;12*1H4. The van der Waals surface area contributed by atoms with Crippen LogP contribution in [0.3, 0.4) is 0 Å². The largest absolute Gasteiger partial charge is 0.465 e. The predicted octanol–water partition coefficient (Wildman–Crippen LogP) is 21.7. The van der Waals surface area contributed by atoms with Crippen molar-refractivity contribution in [2.24, 2.45) is 55.2 Å². The molecular weight excluding hydrogens is 1700 g/mol. The van der Waals surface area contributed by atoms with Crippen molar-refractivity contribution in [3.8, 4) is 0 Å². The first-order valence-corrected chi connectivity index (χ1v) is 39.8. The lowest BCUT2D eigenvalue weighted by Gasteiger charge is -2.35. The smallest absolute Gasteiger partial charge is 0.437 e. The van der Waals surface area contributed by atoms with Gasteiger partial charge in [0.1, 0.15) is 51.8 Å². The summed E-state index contributed by atoms with van der Waals surface area (Å²) < 4.78 is 124. The van der Waals surface area contributed by atoms with Crippen molar-refractivity contribution in [1.29, 1.82) is 0 Å². The van der Waals surface area contributed by atoms with E-state index in [1.165, 1.54) is 68.2 Å². The molecule has 2 unspecified atom stereocenters. The molecule has 0 saturated heterocycles. The molecule has 1 aliphatic carbocycles. The van der Waals surface area contributed by atoms with Gasteiger partial charge in [-0.3, -0.25) is 28.8 Å². The van der Waals surface area contributed by atoms with E-state index in [0.29, 0.717) is 25.2 Å².